The molecule has 1 aromatic rings. The minimum absolute atomic E-state index is 0.137. The Balaban J connectivity index is 1.86. The standard InChI is InChI=1S/C15H19ClFO6P/c1-10(24(19)21-8-15(2,3)9-22-24)23-14(18)7-20-13-5-4-11(16)6-12(13)17/h4-6,10H,7-9H2,1-3H3. The van der Waals surface area contributed by atoms with Crippen LogP contribution in [-0.4, -0.2) is 31.6 Å². The highest BCUT2D eigenvalue weighted by Crippen LogP contribution is 2.57. The van der Waals surface area contributed by atoms with Gasteiger partial charge < -0.3 is 18.5 Å². The molecule has 1 aromatic carbocycles. The molecule has 0 radical (unpaired) electrons. The summed E-state index contributed by atoms with van der Waals surface area (Å²) in [5, 5.41) is 0.212. The SMILES string of the molecule is CC(OC(=O)COc1ccc(Cl)cc1F)P1(=O)OCC(C)(C)CO1. The van der Waals surface area contributed by atoms with Gasteiger partial charge in [0.15, 0.2) is 24.0 Å². The second kappa shape index (κ2) is 7.40. The average molecular weight is 381 g/mol. The van der Waals surface area contributed by atoms with Crippen molar-refractivity contribution in [3.8, 4) is 5.75 Å². The van der Waals surface area contributed by atoms with Crippen LogP contribution in [0.25, 0.3) is 0 Å². The summed E-state index contributed by atoms with van der Waals surface area (Å²) in [6.07, 6.45) is 0. The van der Waals surface area contributed by atoms with E-state index in [1.54, 1.807) is 0 Å². The molecule has 1 unspecified atom stereocenters. The zero-order valence-electron chi connectivity index (χ0n) is 13.6. The molecule has 0 amide bonds. The topological polar surface area (TPSA) is 71.1 Å². The summed E-state index contributed by atoms with van der Waals surface area (Å²) < 4.78 is 46.6. The van der Waals surface area contributed by atoms with Crippen molar-refractivity contribution in [3.05, 3.63) is 29.0 Å². The molecule has 134 valence electrons. The van der Waals surface area contributed by atoms with Crippen molar-refractivity contribution in [2.75, 3.05) is 19.8 Å². The van der Waals surface area contributed by atoms with E-state index in [-0.39, 0.29) is 29.4 Å². The zero-order valence-corrected chi connectivity index (χ0v) is 15.2. The number of carbonyl (C=O) groups is 1. The second-order valence-electron chi connectivity index (χ2n) is 6.20. The molecule has 0 aromatic heterocycles. The van der Waals surface area contributed by atoms with Crippen molar-refractivity contribution in [3.63, 3.8) is 0 Å². The minimum atomic E-state index is -3.54. The molecule has 1 saturated heterocycles. The second-order valence-corrected chi connectivity index (χ2v) is 8.96. The van der Waals surface area contributed by atoms with Gasteiger partial charge in [-0.05, 0) is 25.1 Å². The Morgan fingerprint density at radius 1 is 1.42 bits per heavy atom. The van der Waals surface area contributed by atoms with Gasteiger partial charge in [0, 0.05) is 10.4 Å². The molecule has 0 spiro atoms. The maximum Gasteiger partial charge on any atom is 0.370 e. The van der Waals surface area contributed by atoms with Crippen molar-refractivity contribution in [2.24, 2.45) is 5.41 Å². The highest BCUT2D eigenvalue weighted by molar-refractivity contribution is 7.54. The molecule has 6 nitrogen and oxygen atoms in total. The first kappa shape index (κ1) is 19.2. The third-order valence-electron chi connectivity index (χ3n) is 3.26. The molecule has 0 saturated carbocycles. The summed E-state index contributed by atoms with van der Waals surface area (Å²) in [6, 6.07) is 3.79. The molecule has 0 aliphatic carbocycles. The van der Waals surface area contributed by atoms with E-state index < -0.39 is 31.8 Å². The Kier molecular flexibility index (Phi) is 5.91. The zero-order chi connectivity index (χ0) is 18.0. The molecule has 1 fully saturated rings. The molecule has 2 rings (SSSR count). The first-order chi connectivity index (χ1) is 11.1. The summed E-state index contributed by atoms with van der Waals surface area (Å²) in [7, 11) is -3.54. The number of esters is 1. The van der Waals surface area contributed by atoms with Crippen LogP contribution in [0.1, 0.15) is 20.8 Å². The highest BCUT2D eigenvalue weighted by atomic mass is 35.5. The van der Waals surface area contributed by atoms with Crippen molar-refractivity contribution in [1.29, 1.82) is 0 Å². The predicted molar refractivity (Wildman–Crippen MR) is 85.8 cm³/mol. The Morgan fingerprint density at radius 3 is 2.62 bits per heavy atom. The number of carbonyl (C=O) groups excluding carboxylic acids is 1. The lowest BCUT2D eigenvalue weighted by Gasteiger charge is -2.35. The maximum atomic E-state index is 13.5. The number of rotatable bonds is 5. The normalized spacial score (nSPS) is 20.2. The lowest BCUT2D eigenvalue weighted by molar-refractivity contribution is -0.148. The number of ether oxygens (including phenoxy) is 2. The minimum Gasteiger partial charge on any atom is -0.479 e. The molecule has 1 heterocycles. The van der Waals surface area contributed by atoms with Crippen molar-refractivity contribution >= 4 is 25.2 Å². The van der Waals surface area contributed by atoms with Gasteiger partial charge in [0.25, 0.3) is 0 Å². The van der Waals surface area contributed by atoms with Gasteiger partial charge >= 0.3 is 13.6 Å². The fraction of sp³-hybridized carbons (Fsp3) is 0.533. The third-order valence-corrected chi connectivity index (χ3v) is 5.47. The van der Waals surface area contributed by atoms with Crippen molar-refractivity contribution in [1.82, 2.24) is 0 Å². The summed E-state index contributed by atoms with van der Waals surface area (Å²) >= 11 is 5.62. The molecule has 1 aliphatic heterocycles. The number of halogens is 2. The smallest absolute Gasteiger partial charge is 0.370 e. The van der Waals surface area contributed by atoms with Gasteiger partial charge in [0.2, 0.25) is 0 Å². The molecule has 0 bridgehead atoms. The van der Waals surface area contributed by atoms with Crippen LogP contribution in [-0.2, 0) is 23.1 Å². The van der Waals surface area contributed by atoms with Crippen LogP contribution in [0.2, 0.25) is 5.02 Å². The van der Waals surface area contributed by atoms with E-state index in [0.717, 1.165) is 6.07 Å². The molecular formula is C15H19ClFO6P. The van der Waals surface area contributed by atoms with E-state index in [1.165, 1.54) is 19.1 Å². The molecular weight excluding hydrogens is 362 g/mol. The molecule has 0 N–H and O–H groups in total. The van der Waals surface area contributed by atoms with E-state index >= 15 is 0 Å². The van der Waals surface area contributed by atoms with Gasteiger partial charge in [-0.1, -0.05) is 25.4 Å². The predicted octanol–water partition coefficient (Wildman–Crippen LogP) is 4.01. The van der Waals surface area contributed by atoms with Crippen LogP contribution in [0.5, 0.6) is 5.75 Å². The van der Waals surface area contributed by atoms with Crippen LogP contribution < -0.4 is 4.74 Å². The summed E-state index contributed by atoms with van der Waals surface area (Å²) in [5.74, 6) is -2.73. The third kappa shape index (κ3) is 4.93. The number of benzene rings is 1. The van der Waals surface area contributed by atoms with Gasteiger partial charge in [-0.25, -0.2) is 9.18 Å². The van der Waals surface area contributed by atoms with Crippen LogP contribution in [0.15, 0.2) is 18.2 Å². The molecule has 1 atom stereocenters. The van der Waals surface area contributed by atoms with Crippen molar-refractivity contribution < 1.29 is 32.3 Å². The fourth-order valence-corrected chi connectivity index (χ4v) is 3.79. The first-order valence-electron chi connectivity index (χ1n) is 7.27. The van der Waals surface area contributed by atoms with Crippen LogP contribution in [0, 0.1) is 11.2 Å². The van der Waals surface area contributed by atoms with Gasteiger partial charge in [-0.15, -0.1) is 0 Å². The number of hydrogen-bond acceptors (Lipinski definition) is 6. The lowest BCUT2D eigenvalue weighted by atomic mass is 9.97. The molecule has 9 heteroatoms. The van der Waals surface area contributed by atoms with Gasteiger partial charge in [-0.2, -0.15) is 0 Å². The fourth-order valence-electron chi connectivity index (χ4n) is 1.84. The Labute approximate surface area is 144 Å². The Morgan fingerprint density at radius 2 is 2.04 bits per heavy atom. The van der Waals surface area contributed by atoms with Crippen molar-refractivity contribution in [2.45, 2.75) is 26.6 Å². The van der Waals surface area contributed by atoms with Crippen LogP contribution in [0.4, 0.5) is 4.39 Å². The summed E-state index contributed by atoms with van der Waals surface area (Å²) in [4.78, 5) is 11.8. The summed E-state index contributed by atoms with van der Waals surface area (Å²) in [6.45, 7) is 5.15. The molecule has 24 heavy (non-hydrogen) atoms. The summed E-state index contributed by atoms with van der Waals surface area (Å²) in [5.41, 5.74) is -0.257. The molecule has 1 aliphatic rings. The van der Waals surface area contributed by atoms with E-state index in [1.807, 2.05) is 13.8 Å². The van der Waals surface area contributed by atoms with E-state index in [0.29, 0.717) is 0 Å². The Hall–Kier alpha value is -1.14. The van der Waals surface area contributed by atoms with E-state index in [9.17, 15) is 13.8 Å². The van der Waals surface area contributed by atoms with Crippen LogP contribution >= 0.6 is 19.2 Å². The van der Waals surface area contributed by atoms with Gasteiger partial charge in [-0.3, -0.25) is 4.57 Å². The average Bonchev–Trinajstić information content (AvgIpc) is 2.49. The Bertz CT molecular complexity index is 651. The highest BCUT2D eigenvalue weighted by Gasteiger charge is 2.42. The monoisotopic (exact) mass is 380 g/mol. The quantitative estimate of drug-likeness (QED) is 0.567. The van der Waals surface area contributed by atoms with Gasteiger partial charge in [0.05, 0.1) is 13.2 Å². The van der Waals surface area contributed by atoms with E-state index in [2.05, 4.69) is 0 Å². The number of hydrogen-bond donors (Lipinski definition) is 0. The van der Waals surface area contributed by atoms with Gasteiger partial charge in [0.1, 0.15) is 0 Å². The maximum absolute atomic E-state index is 13.5. The van der Waals surface area contributed by atoms with E-state index in [4.69, 9.17) is 30.1 Å². The van der Waals surface area contributed by atoms with Crippen LogP contribution in [0.3, 0.4) is 0 Å². The lowest BCUT2D eigenvalue weighted by Crippen LogP contribution is -2.33. The largest absolute Gasteiger partial charge is 0.479 e. The first-order valence-corrected chi connectivity index (χ1v) is 9.26.